The average Bonchev–Trinajstić information content (AvgIpc) is 2.94. The molecule has 0 spiro atoms. The number of rotatable bonds is 7. The second kappa shape index (κ2) is 7.97. The van der Waals surface area contributed by atoms with Crippen molar-refractivity contribution in [2.45, 2.75) is 50.1 Å². The zero-order valence-corrected chi connectivity index (χ0v) is 15.6. The number of nitrogens with zero attached hydrogens (tertiary/aromatic N) is 1. The Morgan fingerprint density at radius 2 is 1.92 bits per heavy atom. The first-order valence-electron chi connectivity index (χ1n) is 8.34. The fourth-order valence-electron chi connectivity index (χ4n) is 2.84. The lowest BCUT2D eigenvalue weighted by molar-refractivity contribution is -0.129. The van der Waals surface area contributed by atoms with Crippen LogP contribution in [-0.2, 0) is 26.0 Å². The maximum atomic E-state index is 12.1. The van der Waals surface area contributed by atoms with Crippen LogP contribution in [0, 0.1) is 0 Å². The summed E-state index contributed by atoms with van der Waals surface area (Å²) >= 11 is 0. The van der Waals surface area contributed by atoms with Gasteiger partial charge in [0.15, 0.2) is 0 Å². The van der Waals surface area contributed by atoms with Gasteiger partial charge in [-0.25, -0.2) is 13.1 Å². The van der Waals surface area contributed by atoms with E-state index < -0.39 is 10.0 Å². The van der Waals surface area contributed by atoms with Crippen molar-refractivity contribution in [3.8, 4) is 0 Å². The van der Waals surface area contributed by atoms with Crippen LogP contribution in [-0.4, -0.2) is 50.8 Å². The summed E-state index contributed by atoms with van der Waals surface area (Å²) in [6, 6.07) is 6.46. The smallest absolute Gasteiger partial charge is 0.240 e. The molecule has 2 N–H and O–H groups in total. The first-order chi connectivity index (χ1) is 11.7. The highest BCUT2D eigenvalue weighted by Gasteiger charge is 2.31. The standard InChI is InChI=1S/C17H25N3O4S/c1-12(2)20-11-14(10-17(20)22)19-16(21)9-6-13-4-7-15(8-5-13)25(23,24)18-3/h4-5,7-8,12,14,18H,6,9-11H2,1-3H3,(H,19,21)/t14-/m0/s1. The van der Waals surface area contributed by atoms with Crippen LogP contribution in [0.25, 0.3) is 0 Å². The predicted molar refractivity (Wildman–Crippen MR) is 94.4 cm³/mol. The van der Waals surface area contributed by atoms with Gasteiger partial charge in [-0.2, -0.15) is 0 Å². The van der Waals surface area contributed by atoms with E-state index >= 15 is 0 Å². The van der Waals surface area contributed by atoms with E-state index in [9.17, 15) is 18.0 Å². The first-order valence-corrected chi connectivity index (χ1v) is 9.82. The summed E-state index contributed by atoms with van der Waals surface area (Å²) < 4.78 is 25.6. The van der Waals surface area contributed by atoms with E-state index in [1.54, 1.807) is 17.0 Å². The van der Waals surface area contributed by atoms with Crippen LogP contribution in [0.1, 0.15) is 32.3 Å². The molecule has 1 aliphatic heterocycles. The summed E-state index contributed by atoms with van der Waals surface area (Å²) in [6.45, 7) is 4.47. The van der Waals surface area contributed by atoms with E-state index in [0.717, 1.165) is 5.56 Å². The summed E-state index contributed by atoms with van der Waals surface area (Å²) in [6.07, 6.45) is 1.16. The molecule has 2 rings (SSSR count). The van der Waals surface area contributed by atoms with Gasteiger partial charge in [-0.3, -0.25) is 9.59 Å². The first kappa shape index (κ1) is 19.4. The number of likely N-dealkylation sites (tertiary alicyclic amines) is 1. The highest BCUT2D eigenvalue weighted by Crippen LogP contribution is 2.15. The van der Waals surface area contributed by atoms with Crippen molar-refractivity contribution in [2.75, 3.05) is 13.6 Å². The number of carbonyl (C=O) groups excluding carboxylic acids is 2. The Morgan fingerprint density at radius 3 is 2.44 bits per heavy atom. The molecule has 0 unspecified atom stereocenters. The molecular formula is C17H25N3O4S. The summed E-state index contributed by atoms with van der Waals surface area (Å²) in [7, 11) is -2.08. The quantitative estimate of drug-likeness (QED) is 0.740. The number of hydrogen-bond donors (Lipinski definition) is 2. The molecule has 25 heavy (non-hydrogen) atoms. The second-order valence-corrected chi connectivity index (χ2v) is 8.35. The lowest BCUT2D eigenvalue weighted by Crippen LogP contribution is -2.38. The zero-order chi connectivity index (χ0) is 18.6. The Balaban J connectivity index is 1.84. The third kappa shape index (κ3) is 5.02. The molecule has 0 aliphatic carbocycles. The van der Waals surface area contributed by atoms with Crippen LogP contribution in [0.3, 0.4) is 0 Å². The van der Waals surface area contributed by atoms with Crippen molar-refractivity contribution >= 4 is 21.8 Å². The van der Waals surface area contributed by atoms with Crippen LogP contribution in [0.4, 0.5) is 0 Å². The number of aryl methyl sites for hydroxylation is 1. The Hall–Kier alpha value is -1.93. The Labute approximate surface area is 148 Å². The predicted octanol–water partition coefficient (Wildman–Crippen LogP) is 0.653. The van der Waals surface area contributed by atoms with Gasteiger partial charge in [0.25, 0.3) is 0 Å². The molecule has 0 bridgehead atoms. The number of hydrogen-bond acceptors (Lipinski definition) is 4. The average molecular weight is 367 g/mol. The van der Waals surface area contributed by atoms with Crippen LogP contribution in [0.2, 0.25) is 0 Å². The molecule has 7 nitrogen and oxygen atoms in total. The van der Waals surface area contributed by atoms with Gasteiger partial charge < -0.3 is 10.2 Å². The normalized spacial score (nSPS) is 18.0. The van der Waals surface area contributed by atoms with Crippen LogP contribution in [0.15, 0.2) is 29.2 Å². The summed E-state index contributed by atoms with van der Waals surface area (Å²) in [5, 5.41) is 2.90. The molecule has 1 saturated heterocycles. The van der Waals surface area contributed by atoms with Gasteiger partial charge >= 0.3 is 0 Å². The van der Waals surface area contributed by atoms with Crippen LogP contribution < -0.4 is 10.0 Å². The van der Waals surface area contributed by atoms with E-state index in [4.69, 9.17) is 0 Å². The largest absolute Gasteiger partial charge is 0.351 e. The van der Waals surface area contributed by atoms with E-state index in [1.807, 2.05) is 13.8 Å². The molecule has 1 aromatic carbocycles. The number of nitrogens with one attached hydrogen (secondary N) is 2. The second-order valence-electron chi connectivity index (χ2n) is 6.46. The number of amides is 2. The minimum absolute atomic E-state index is 0.0710. The number of benzene rings is 1. The minimum atomic E-state index is -3.45. The fourth-order valence-corrected chi connectivity index (χ4v) is 3.57. The summed E-state index contributed by atoms with van der Waals surface area (Å²) in [4.78, 5) is 25.9. The third-order valence-electron chi connectivity index (χ3n) is 4.29. The molecule has 138 valence electrons. The van der Waals surface area contributed by atoms with Crippen LogP contribution in [0.5, 0.6) is 0 Å². The molecule has 0 aromatic heterocycles. The Bertz CT molecular complexity index is 729. The van der Waals surface area contributed by atoms with Crippen molar-refractivity contribution in [1.82, 2.24) is 14.9 Å². The third-order valence-corrected chi connectivity index (χ3v) is 5.72. The van der Waals surface area contributed by atoms with Crippen molar-refractivity contribution in [1.29, 1.82) is 0 Å². The molecule has 8 heteroatoms. The lowest BCUT2D eigenvalue weighted by Gasteiger charge is -2.21. The Morgan fingerprint density at radius 1 is 1.28 bits per heavy atom. The van der Waals surface area contributed by atoms with Crippen molar-refractivity contribution in [3.63, 3.8) is 0 Å². The van der Waals surface area contributed by atoms with Crippen molar-refractivity contribution in [2.24, 2.45) is 0 Å². The van der Waals surface area contributed by atoms with E-state index in [1.165, 1.54) is 19.2 Å². The molecule has 0 radical (unpaired) electrons. The van der Waals surface area contributed by atoms with Gasteiger partial charge in [-0.1, -0.05) is 12.1 Å². The number of sulfonamides is 1. The molecular weight excluding hydrogens is 342 g/mol. The maximum Gasteiger partial charge on any atom is 0.240 e. The Kier molecular flexibility index (Phi) is 6.18. The maximum absolute atomic E-state index is 12.1. The van der Waals surface area contributed by atoms with Gasteiger partial charge in [-0.05, 0) is 45.0 Å². The van der Waals surface area contributed by atoms with Crippen molar-refractivity contribution < 1.29 is 18.0 Å². The van der Waals surface area contributed by atoms with Crippen LogP contribution >= 0.6 is 0 Å². The molecule has 1 heterocycles. The number of carbonyl (C=O) groups is 2. The highest BCUT2D eigenvalue weighted by atomic mass is 32.2. The minimum Gasteiger partial charge on any atom is -0.351 e. The fraction of sp³-hybridized carbons (Fsp3) is 0.529. The zero-order valence-electron chi connectivity index (χ0n) is 14.8. The van der Waals surface area contributed by atoms with E-state index in [2.05, 4.69) is 10.0 Å². The highest BCUT2D eigenvalue weighted by molar-refractivity contribution is 7.89. The van der Waals surface area contributed by atoms with E-state index in [-0.39, 0.29) is 28.8 Å². The lowest BCUT2D eigenvalue weighted by atomic mass is 10.1. The molecule has 1 atom stereocenters. The van der Waals surface area contributed by atoms with Gasteiger partial charge in [-0.15, -0.1) is 0 Å². The monoisotopic (exact) mass is 367 g/mol. The van der Waals surface area contributed by atoms with Gasteiger partial charge in [0.2, 0.25) is 21.8 Å². The topological polar surface area (TPSA) is 95.6 Å². The van der Waals surface area contributed by atoms with Gasteiger partial charge in [0.05, 0.1) is 10.9 Å². The SMILES string of the molecule is CNS(=O)(=O)c1ccc(CCC(=O)N[C@H]2CC(=O)N(C(C)C)C2)cc1. The molecule has 0 saturated carbocycles. The molecule has 2 amide bonds. The molecule has 1 aromatic rings. The van der Waals surface area contributed by atoms with Crippen molar-refractivity contribution in [3.05, 3.63) is 29.8 Å². The summed E-state index contributed by atoms with van der Waals surface area (Å²) in [5.41, 5.74) is 0.886. The van der Waals surface area contributed by atoms with Gasteiger partial charge in [0.1, 0.15) is 0 Å². The van der Waals surface area contributed by atoms with Gasteiger partial charge in [0, 0.05) is 25.4 Å². The molecule has 1 aliphatic rings. The molecule has 1 fully saturated rings. The summed E-state index contributed by atoms with van der Waals surface area (Å²) in [5.74, 6) is -0.0306. The van der Waals surface area contributed by atoms with E-state index in [0.29, 0.717) is 25.8 Å².